The fourth-order valence-electron chi connectivity index (χ4n) is 8.47. The summed E-state index contributed by atoms with van der Waals surface area (Å²) in [5, 5.41) is 2.46. The topological polar surface area (TPSA) is 43.2 Å². The van der Waals surface area contributed by atoms with Crippen molar-refractivity contribution in [1.29, 1.82) is 0 Å². The summed E-state index contributed by atoms with van der Waals surface area (Å²) in [4.78, 5) is 12.9. The summed E-state index contributed by atoms with van der Waals surface area (Å²) in [5.41, 5.74) is 14.5. The lowest BCUT2D eigenvalue weighted by Crippen LogP contribution is -2.15. The number of anilines is 3. The quantitative estimate of drug-likeness (QED) is 0.175. The van der Waals surface area contributed by atoms with Crippen LogP contribution in [0.1, 0.15) is 0 Å². The van der Waals surface area contributed by atoms with E-state index in [1.807, 2.05) is 12.1 Å². The Morgan fingerprint density at radius 1 is 0.397 bits per heavy atom. The lowest BCUT2D eigenvalue weighted by molar-refractivity contribution is 0.477. The number of para-hydroxylation sites is 4. The molecule has 0 bridgehead atoms. The molecule has 0 radical (unpaired) electrons. The van der Waals surface area contributed by atoms with Crippen molar-refractivity contribution in [3.8, 4) is 50.8 Å². The van der Waals surface area contributed by atoms with Crippen LogP contribution in [0.5, 0.6) is 11.5 Å². The van der Waals surface area contributed by atoms with E-state index in [9.17, 15) is 0 Å². The van der Waals surface area contributed by atoms with Crippen LogP contribution in [0, 0.1) is 0 Å². The Labute approximate surface area is 338 Å². The van der Waals surface area contributed by atoms with Crippen molar-refractivity contribution in [2.75, 3.05) is 4.90 Å². The van der Waals surface area contributed by atoms with E-state index in [2.05, 4.69) is 191 Å². The molecule has 0 atom stereocenters. The molecular formula is C52H32N4OS. The predicted octanol–water partition coefficient (Wildman–Crippen LogP) is 14.5. The molecule has 0 N–H and O–H groups in total. The van der Waals surface area contributed by atoms with Gasteiger partial charge in [0.25, 0.3) is 0 Å². The fraction of sp³-hybridized carbons (Fsp3) is 0. The SMILES string of the molecule is c1ccc(-c2cccc(N3c4ccccc4Oc4cc(-c5ccc6sc7ccc(-c8ccc9c%10ccccc%10n(-c%10ccccc%10)c9c8)nc7c6n5)ccc43)c2)cc1. The Hall–Kier alpha value is -7.54. The number of pyridine rings is 2. The van der Waals surface area contributed by atoms with Gasteiger partial charge in [0.2, 0.25) is 0 Å². The molecule has 7 aromatic carbocycles. The van der Waals surface area contributed by atoms with Gasteiger partial charge in [0, 0.05) is 33.3 Å². The first-order chi connectivity index (χ1) is 28.7. The number of ether oxygens (including phenoxy) is 1. The second-order valence-corrected chi connectivity index (χ2v) is 15.7. The van der Waals surface area contributed by atoms with E-state index in [0.29, 0.717) is 0 Å². The van der Waals surface area contributed by atoms with Crippen LogP contribution in [-0.2, 0) is 0 Å². The van der Waals surface area contributed by atoms with Gasteiger partial charge in [-0.15, -0.1) is 11.3 Å². The van der Waals surface area contributed by atoms with Crippen molar-refractivity contribution in [1.82, 2.24) is 14.5 Å². The van der Waals surface area contributed by atoms with Gasteiger partial charge in [-0.1, -0.05) is 109 Å². The van der Waals surface area contributed by atoms with Crippen molar-refractivity contribution < 1.29 is 4.74 Å². The van der Waals surface area contributed by atoms with Gasteiger partial charge in [-0.05, 0) is 96.1 Å². The molecule has 58 heavy (non-hydrogen) atoms. The molecule has 0 aliphatic carbocycles. The molecule has 1 aliphatic rings. The van der Waals surface area contributed by atoms with Crippen molar-refractivity contribution >= 4 is 70.6 Å². The van der Waals surface area contributed by atoms with E-state index in [-0.39, 0.29) is 0 Å². The van der Waals surface area contributed by atoms with Crippen LogP contribution in [0.25, 0.3) is 81.6 Å². The van der Waals surface area contributed by atoms with Crippen LogP contribution in [-0.4, -0.2) is 14.5 Å². The molecule has 5 nitrogen and oxygen atoms in total. The average Bonchev–Trinajstić information content (AvgIpc) is 3.83. The van der Waals surface area contributed by atoms with Gasteiger partial charge in [-0.3, -0.25) is 0 Å². The van der Waals surface area contributed by atoms with Gasteiger partial charge < -0.3 is 14.2 Å². The standard InChI is InChI=1S/C52H32N4OS/c1-3-12-33(13-4-1)34-14-11-17-38(30-34)56-44-20-9-10-21-47(44)57-48-32-36(23-27-45(48)56)42-26-29-50-52(54-42)51-49(58-50)28-25-41(53-51)35-22-24-40-39-18-7-8-19-43(39)55(46(40)31-35)37-15-5-2-6-16-37/h1-32H. The van der Waals surface area contributed by atoms with Crippen LogP contribution >= 0.6 is 11.3 Å². The number of aromatic nitrogens is 3. The highest BCUT2D eigenvalue weighted by atomic mass is 32.1. The third-order valence-electron chi connectivity index (χ3n) is 11.2. The first-order valence-corrected chi connectivity index (χ1v) is 20.2. The molecule has 5 heterocycles. The Balaban J connectivity index is 0.945. The lowest BCUT2D eigenvalue weighted by atomic mass is 10.0. The van der Waals surface area contributed by atoms with Crippen LogP contribution in [0.4, 0.5) is 17.1 Å². The molecule has 0 saturated carbocycles. The number of fused-ring (bicyclic) bond motifs is 8. The number of hydrogen-bond acceptors (Lipinski definition) is 5. The summed E-state index contributed by atoms with van der Waals surface area (Å²) in [6.07, 6.45) is 0. The summed E-state index contributed by atoms with van der Waals surface area (Å²) in [6, 6.07) is 68.3. The zero-order valence-corrected chi connectivity index (χ0v) is 31.9. The van der Waals surface area contributed by atoms with Crippen molar-refractivity contribution in [2.24, 2.45) is 0 Å². The fourth-order valence-corrected chi connectivity index (χ4v) is 9.46. The third-order valence-corrected chi connectivity index (χ3v) is 12.3. The van der Waals surface area contributed by atoms with Crippen molar-refractivity contribution in [2.45, 2.75) is 0 Å². The largest absolute Gasteiger partial charge is 0.453 e. The summed E-state index contributed by atoms with van der Waals surface area (Å²) in [5.74, 6) is 1.59. The molecule has 0 unspecified atom stereocenters. The number of nitrogens with zero attached hydrogens (tertiary/aromatic N) is 4. The maximum atomic E-state index is 6.62. The third kappa shape index (κ3) is 5.23. The second kappa shape index (κ2) is 13.0. The number of rotatable bonds is 5. The van der Waals surface area contributed by atoms with Crippen LogP contribution in [0.15, 0.2) is 194 Å². The highest BCUT2D eigenvalue weighted by Crippen LogP contribution is 2.51. The van der Waals surface area contributed by atoms with E-state index in [0.717, 1.165) is 88.3 Å². The van der Waals surface area contributed by atoms with Crippen LogP contribution in [0.2, 0.25) is 0 Å². The van der Waals surface area contributed by atoms with E-state index in [1.165, 1.54) is 21.9 Å². The molecule has 272 valence electrons. The minimum Gasteiger partial charge on any atom is -0.453 e. The minimum absolute atomic E-state index is 0.780. The highest BCUT2D eigenvalue weighted by Gasteiger charge is 2.27. The first kappa shape index (κ1) is 32.7. The molecule has 0 fully saturated rings. The Kier molecular flexibility index (Phi) is 7.33. The number of benzene rings is 7. The molecule has 0 amide bonds. The van der Waals surface area contributed by atoms with Gasteiger partial charge in [0.1, 0.15) is 11.0 Å². The van der Waals surface area contributed by atoms with Gasteiger partial charge in [-0.2, -0.15) is 0 Å². The normalized spacial score (nSPS) is 12.2. The first-order valence-electron chi connectivity index (χ1n) is 19.4. The lowest BCUT2D eigenvalue weighted by Gasteiger charge is -2.33. The molecule has 6 heteroatoms. The monoisotopic (exact) mass is 760 g/mol. The van der Waals surface area contributed by atoms with Gasteiger partial charge in [0.05, 0.1) is 43.2 Å². The Morgan fingerprint density at radius 2 is 1.02 bits per heavy atom. The molecule has 11 aromatic rings. The van der Waals surface area contributed by atoms with E-state index >= 15 is 0 Å². The van der Waals surface area contributed by atoms with E-state index in [4.69, 9.17) is 14.7 Å². The predicted molar refractivity (Wildman–Crippen MR) is 240 cm³/mol. The van der Waals surface area contributed by atoms with Gasteiger partial charge >= 0.3 is 0 Å². The zero-order valence-electron chi connectivity index (χ0n) is 31.1. The Morgan fingerprint density at radius 3 is 1.83 bits per heavy atom. The van der Waals surface area contributed by atoms with Gasteiger partial charge in [0.15, 0.2) is 11.5 Å². The second-order valence-electron chi connectivity index (χ2n) is 14.6. The maximum absolute atomic E-state index is 6.62. The molecule has 12 rings (SSSR count). The number of hydrogen-bond donors (Lipinski definition) is 0. The molecule has 0 saturated heterocycles. The molecule has 4 aromatic heterocycles. The molecule has 1 aliphatic heterocycles. The van der Waals surface area contributed by atoms with Crippen molar-refractivity contribution in [3.05, 3.63) is 194 Å². The summed E-state index contributed by atoms with van der Waals surface area (Å²) >= 11 is 1.73. The van der Waals surface area contributed by atoms with E-state index < -0.39 is 0 Å². The maximum Gasteiger partial charge on any atom is 0.152 e. The molecule has 0 spiro atoms. The zero-order chi connectivity index (χ0) is 38.2. The van der Waals surface area contributed by atoms with Gasteiger partial charge in [-0.25, -0.2) is 9.97 Å². The highest BCUT2D eigenvalue weighted by molar-refractivity contribution is 7.25. The summed E-state index contributed by atoms with van der Waals surface area (Å²) in [7, 11) is 0. The number of thiophene rings is 1. The van der Waals surface area contributed by atoms with Crippen molar-refractivity contribution in [3.63, 3.8) is 0 Å². The summed E-state index contributed by atoms with van der Waals surface area (Å²) < 4.78 is 11.2. The molecular weight excluding hydrogens is 729 g/mol. The van der Waals surface area contributed by atoms with E-state index in [1.54, 1.807) is 11.3 Å². The average molecular weight is 761 g/mol. The van der Waals surface area contributed by atoms with Crippen LogP contribution < -0.4 is 9.64 Å². The smallest absolute Gasteiger partial charge is 0.152 e. The summed E-state index contributed by atoms with van der Waals surface area (Å²) in [6.45, 7) is 0. The Bertz CT molecular complexity index is 3390. The van der Waals surface area contributed by atoms with Crippen LogP contribution in [0.3, 0.4) is 0 Å². The minimum atomic E-state index is 0.780.